The lowest BCUT2D eigenvalue weighted by Gasteiger charge is -2.11. The van der Waals surface area contributed by atoms with Gasteiger partial charge in [0.1, 0.15) is 11.8 Å². The van der Waals surface area contributed by atoms with Crippen LogP contribution >= 0.6 is 0 Å². The van der Waals surface area contributed by atoms with Gasteiger partial charge in [0.15, 0.2) is 0 Å². The van der Waals surface area contributed by atoms with Crippen LogP contribution in [-0.2, 0) is 17.6 Å². The molecule has 1 aromatic heterocycles. The number of nitrogens with one attached hydrogen (secondary N) is 3. The van der Waals surface area contributed by atoms with E-state index in [1.165, 1.54) is 11.1 Å². The first-order chi connectivity index (χ1) is 12.3. The molecule has 2 unspecified atom stereocenters. The first kappa shape index (κ1) is 16.1. The molecule has 0 saturated carbocycles. The van der Waals surface area contributed by atoms with Gasteiger partial charge >= 0.3 is 0 Å². The van der Waals surface area contributed by atoms with Gasteiger partial charge < -0.3 is 10.1 Å². The number of rotatable bonds is 5. The van der Waals surface area contributed by atoms with Crippen LogP contribution in [0.15, 0.2) is 42.6 Å². The Morgan fingerprint density at radius 3 is 3.12 bits per heavy atom. The molecule has 0 bridgehead atoms. The maximum Gasteiger partial charge on any atom is 0.238 e. The molecule has 1 amide bonds. The van der Waals surface area contributed by atoms with Crippen molar-refractivity contribution in [1.29, 1.82) is 0 Å². The number of hydrogen-bond donors (Lipinski definition) is 3. The molecule has 3 N–H and O–H groups in total. The van der Waals surface area contributed by atoms with Crippen molar-refractivity contribution in [3.05, 3.63) is 59.4 Å². The first-order valence-electron chi connectivity index (χ1n) is 8.74. The highest BCUT2D eigenvalue weighted by Crippen LogP contribution is 2.30. The summed E-state index contributed by atoms with van der Waals surface area (Å²) in [6.07, 6.45) is 4.20. The Bertz CT molecular complexity index is 750. The molecule has 130 valence electrons. The van der Waals surface area contributed by atoms with Crippen molar-refractivity contribution in [3.63, 3.8) is 0 Å². The summed E-state index contributed by atoms with van der Waals surface area (Å²) in [4.78, 5) is 16.6. The topological polar surface area (TPSA) is 75.3 Å². The van der Waals surface area contributed by atoms with Crippen molar-refractivity contribution in [3.8, 4) is 5.75 Å². The van der Waals surface area contributed by atoms with Gasteiger partial charge in [0.25, 0.3) is 0 Å². The number of carbonyl (C=O) groups is 1. The molecule has 2 aliphatic rings. The third kappa shape index (κ3) is 3.65. The lowest BCUT2D eigenvalue weighted by Crippen LogP contribution is -2.43. The van der Waals surface area contributed by atoms with Crippen molar-refractivity contribution in [2.45, 2.75) is 31.3 Å². The average molecular weight is 338 g/mol. The molecule has 0 radical (unpaired) electrons. The van der Waals surface area contributed by atoms with Crippen LogP contribution in [0.1, 0.15) is 29.3 Å². The standard InChI is InChI=1S/C19H22N4O2/c24-19(21-9-6-15-3-1-2-8-20-15)17-12-16(22-23-17)13-4-5-18-14(11-13)7-10-25-18/h1-5,8,11,16-17,22-23H,6-7,9-10,12H2,(H,21,24). The Hall–Kier alpha value is -2.44. The van der Waals surface area contributed by atoms with E-state index in [9.17, 15) is 4.79 Å². The maximum absolute atomic E-state index is 12.3. The minimum absolute atomic E-state index is 0.0235. The molecule has 1 aromatic carbocycles. The van der Waals surface area contributed by atoms with Crippen LogP contribution in [0, 0.1) is 0 Å². The van der Waals surface area contributed by atoms with E-state index in [2.05, 4.69) is 33.3 Å². The number of hydrogen-bond acceptors (Lipinski definition) is 5. The van der Waals surface area contributed by atoms with E-state index in [0.29, 0.717) is 6.54 Å². The normalized spacial score (nSPS) is 21.6. The van der Waals surface area contributed by atoms with Gasteiger partial charge in [-0.3, -0.25) is 9.78 Å². The zero-order valence-electron chi connectivity index (χ0n) is 14.0. The number of pyridine rings is 1. The largest absolute Gasteiger partial charge is 0.493 e. The number of carbonyl (C=O) groups excluding carboxylic acids is 1. The molecule has 2 aliphatic heterocycles. The van der Waals surface area contributed by atoms with E-state index in [0.717, 1.165) is 37.3 Å². The summed E-state index contributed by atoms with van der Waals surface area (Å²) < 4.78 is 5.55. The van der Waals surface area contributed by atoms with Gasteiger partial charge in [0, 0.05) is 37.3 Å². The molecule has 4 rings (SSSR count). The molecule has 1 saturated heterocycles. The van der Waals surface area contributed by atoms with Crippen molar-refractivity contribution in [2.24, 2.45) is 0 Å². The van der Waals surface area contributed by atoms with Gasteiger partial charge in [-0.1, -0.05) is 18.2 Å². The summed E-state index contributed by atoms with van der Waals surface area (Å²) in [6, 6.07) is 12.0. The van der Waals surface area contributed by atoms with Gasteiger partial charge in [-0.05, 0) is 35.7 Å². The van der Waals surface area contributed by atoms with Crippen LogP contribution in [0.25, 0.3) is 0 Å². The van der Waals surface area contributed by atoms with Crippen LogP contribution in [0.2, 0.25) is 0 Å². The molecule has 0 spiro atoms. The first-order valence-corrected chi connectivity index (χ1v) is 8.74. The highest BCUT2D eigenvalue weighted by atomic mass is 16.5. The minimum Gasteiger partial charge on any atom is -0.493 e. The average Bonchev–Trinajstić information content (AvgIpc) is 3.31. The number of ether oxygens (including phenoxy) is 1. The molecule has 3 heterocycles. The Morgan fingerprint density at radius 2 is 2.24 bits per heavy atom. The van der Waals surface area contributed by atoms with Gasteiger partial charge in [0.2, 0.25) is 5.91 Å². The van der Waals surface area contributed by atoms with Crippen LogP contribution in [-0.4, -0.2) is 30.1 Å². The summed E-state index contributed by atoms with van der Waals surface area (Å²) >= 11 is 0. The third-order valence-electron chi connectivity index (χ3n) is 4.74. The summed E-state index contributed by atoms with van der Waals surface area (Å²) in [7, 11) is 0. The lowest BCUT2D eigenvalue weighted by atomic mass is 9.99. The Morgan fingerprint density at radius 1 is 1.28 bits per heavy atom. The van der Waals surface area contributed by atoms with Crippen molar-refractivity contribution in [2.75, 3.05) is 13.2 Å². The SMILES string of the molecule is O=C(NCCc1ccccn1)C1CC(c2ccc3c(c2)CCO3)NN1. The van der Waals surface area contributed by atoms with Crippen molar-refractivity contribution >= 4 is 5.91 Å². The van der Waals surface area contributed by atoms with Gasteiger partial charge in [-0.2, -0.15) is 0 Å². The second-order valence-electron chi connectivity index (χ2n) is 6.46. The van der Waals surface area contributed by atoms with E-state index in [4.69, 9.17) is 4.74 Å². The maximum atomic E-state index is 12.3. The predicted molar refractivity (Wildman–Crippen MR) is 94.0 cm³/mol. The van der Waals surface area contributed by atoms with Gasteiger partial charge in [0.05, 0.1) is 6.61 Å². The van der Waals surface area contributed by atoms with Gasteiger partial charge in [-0.15, -0.1) is 0 Å². The van der Waals surface area contributed by atoms with Crippen LogP contribution in [0.3, 0.4) is 0 Å². The van der Waals surface area contributed by atoms with E-state index in [1.54, 1.807) is 6.20 Å². The molecule has 6 nitrogen and oxygen atoms in total. The monoisotopic (exact) mass is 338 g/mol. The zero-order chi connectivity index (χ0) is 17.1. The van der Waals surface area contributed by atoms with E-state index < -0.39 is 0 Å². The summed E-state index contributed by atoms with van der Waals surface area (Å²) in [5, 5.41) is 2.99. The third-order valence-corrected chi connectivity index (χ3v) is 4.74. The van der Waals surface area contributed by atoms with E-state index >= 15 is 0 Å². The number of aromatic nitrogens is 1. The molecular weight excluding hydrogens is 316 g/mol. The van der Waals surface area contributed by atoms with Crippen LogP contribution in [0.5, 0.6) is 5.75 Å². The number of fused-ring (bicyclic) bond motifs is 1. The fourth-order valence-corrected chi connectivity index (χ4v) is 3.35. The minimum atomic E-state index is -0.224. The van der Waals surface area contributed by atoms with E-state index in [1.807, 2.05) is 24.3 Å². The predicted octanol–water partition coefficient (Wildman–Crippen LogP) is 1.28. The fourth-order valence-electron chi connectivity index (χ4n) is 3.35. The number of hydrazine groups is 1. The highest BCUT2D eigenvalue weighted by Gasteiger charge is 2.30. The second-order valence-corrected chi connectivity index (χ2v) is 6.46. The number of benzene rings is 1. The lowest BCUT2D eigenvalue weighted by molar-refractivity contribution is -0.122. The molecule has 1 fully saturated rings. The van der Waals surface area contributed by atoms with Crippen LogP contribution in [0.4, 0.5) is 0 Å². The second kappa shape index (κ2) is 7.21. The molecule has 0 aliphatic carbocycles. The molecule has 2 aromatic rings. The quantitative estimate of drug-likeness (QED) is 0.766. The number of amides is 1. The fraction of sp³-hybridized carbons (Fsp3) is 0.368. The summed E-state index contributed by atoms with van der Waals surface area (Å²) in [5.41, 5.74) is 9.78. The smallest absolute Gasteiger partial charge is 0.238 e. The highest BCUT2D eigenvalue weighted by molar-refractivity contribution is 5.82. The van der Waals surface area contributed by atoms with Crippen molar-refractivity contribution < 1.29 is 9.53 Å². The summed E-state index contributed by atoms with van der Waals surface area (Å²) in [5.74, 6) is 1.01. The zero-order valence-corrected chi connectivity index (χ0v) is 14.0. The Labute approximate surface area is 147 Å². The van der Waals surface area contributed by atoms with Crippen LogP contribution < -0.4 is 20.9 Å². The molecule has 25 heavy (non-hydrogen) atoms. The van der Waals surface area contributed by atoms with Crippen molar-refractivity contribution in [1.82, 2.24) is 21.2 Å². The number of nitrogens with zero attached hydrogens (tertiary/aromatic N) is 1. The molecular formula is C19H22N4O2. The van der Waals surface area contributed by atoms with E-state index in [-0.39, 0.29) is 18.0 Å². The molecule has 2 atom stereocenters. The summed E-state index contributed by atoms with van der Waals surface area (Å²) in [6.45, 7) is 1.35. The Balaban J connectivity index is 1.29. The molecule has 6 heteroatoms. The Kier molecular flexibility index (Phi) is 4.63. The van der Waals surface area contributed by atoms with Gasteiger partial charge in [-0.25, -0.2) is 10.9 Å².